The maximum atomic E-state index is 11.9. The van der Waals surface area contributed by atoms with Gasteiger partial charge in [0.15, 0.2) is 5.58 Å². The highest BCUT2D eigenvalue weighted by Gasteiger charge is 2.11. The summed E-state index contributed by atoms with van der Waals surface area (Å²) >= 11 is 0. The average Bonchev–Trinajstić information content (AvgIpc) is 3.14. The summed E-state index contributed by atoms with van der Waals surface area (Å²) in [5, 5.41) is 7.78. The van der Waals surface area contributed by atoms with E-state index in [2.05, 4.69) is 15.0 Å². The van der Waals surface area contributed by atoms with E-state index in [1.54, 1.807) is 0 Å². The summed E-state index contributed by atoms with van der Waals surface area (Å²) in [7, 11) is 0. The van der Waals surface area contributed by atoms with Crippen molar-refractivity contribution in [2.45, 2.75) is 19.4 Å². The van der Waals surface area contributed by atoms with Gasteiger partial charge in [0.1, 0.15) is 5.69 Å². The molecule has 0 saturated carbocycles. The Morgan fingerprint density at radius 1 is 1.19 bits per heavy atom. The molecule has 3 rings (SSSR count). The number of hydrogen-bond donors (Lipinski definition) is 1. The van der Waals surface area contributed by atoms with E-state index >= 15 is 0 Å². The molecule has 0 saturated heterocycles. The van der Waals surface area contributed by atoms with E-state index in [1.807, 2.05) is 48.8 Å². The number of para-hydroxylation sites is 1. The summed E-state index contributed by atoms with van der Waals surface area (Å²) in [4.78, 5) is 11.9. The summed E-state index contributed by atoms with van der Waals surface area (Å²) in [6, 6.07) is 11.6. The molecule has 1 aromatic carbocycles. The van der Waals surface area contributed by atoms with Gasteiger partial charge in [0.2, 0.25) is 5.91 Å². The lowest BCUT2D eigenvalue weighted by atomic mass is 10.1. The van der Waals surface area contributed by atoms with Crippen molar-refractivity contribution in [2.75, 3.05) is 6.54 Å². The monoisotopic (exact) mass is 283 g/mol. The Bertz CT molecular complexity index is 716. The van der Waals surface area contributed by atoms with Gasteiger partial charge in [-0.25, -0.2) is 0 Å². The van der Waals surface area contributed by atoms with Crippen LogP contribution in [0.5, 0.6) is 0 Å². The number of nitrogens with one attached hydrogen (secondary N) is 1. The summed E-state index contributed by atoms with van der Waals surface area (Å²) in [6.07, 6.45) is 5.19. The first-order chi connectivity index (χ1) is 10.3. The molecule has 0 atom stereocenters. The molecule has 5 nitrogen and oxygen atoms in total. The Labute approximate surface area is 122 Å². The fraction of sp³-hybridized carbons (Fsp3) is 0.250. The second kappa shape index (κ2) is 6.26. The van der Waals surface area contributed by atoms with Crippen molar-refractivity contribution in [3.8, 4) is 0 Å². The first-order valence-electron chi connectivity index (χ1n) is 7.04. The third kappa shape index (κ3) is 3.31. The van der Waals surface area contributed by atoms with Crippen LogP contribution in [0.3, 0.4) is 0 Å². The number of nitrogens with zero attached hydrogens (tertiary/aromatic N) is 2. The van der Waals surface area contributed by atoms with Gasteiger partial charge in [0.05, 0.1) is 6.42 Å². The quantitative estimate of drug-likeness (QED) is 0.707. The van der Waals surface area contributed by atoms with Gasteiger partial charge < -0.3 is 14.4 Å². The Kier molecular flexibility index (Phi) is 4.00. The molecular formula is C16H17N3O2. The topological polar surface area (TPSA) is 60.1 Å². The van der Waals surface area contributed by atoms with E-state index < -0.39 is 0 Å². The van der Waals surface area contributed by atoms with E-state index in [0.29, 0.717) is 17.8 Å². The van der Waals surface area contributed by atoms with Gasteiger partial charge in [-0.1, -0.05) is 17.3 Å². The van der Waals surface area contributed by atoms with Crippen LogP contribution in [0, 0.1) is 0 Å². The number of fused-ring (bicyclic) bond motifs is 1. The number of rotatable bonds is 6. The molecule has 0 aliphatic rings. The molecule has 1 N–H and O–H groups in total. The lowest BCUT2D eigenvalue weighted by molar-refractivity contribution is -0.120. The Morgan fingerprint density at radius 3 is 2.86 bits per heavy atom. The van der Waals surface area contributed by atoms with Crippen molar-refractivity contribution in [1.82, 2.24) is 15.0 Å². The van der Waals surface area contributed by atoms with Crippen LogP contribution in [0.1, 0.15) is 12.1 Å². The van der Waals surface area contributed by atoms with E-state index in [9.17, 15) is 4.79 Å². The molecule has 0 spiro atoms. The van der Waals surface area contributed by atoms with Crippen LogP contribution >= 0.6 is 0 Å². The van der Waals surface area contributed by atoms with E-state index in [1.165, 1.54) is 0 Å². The SMILES string of the molecule is O=C(Cc1noc2ccccc12)NCCCn1cccc1. The first kappa shape index (κ1) is 13.4. The molecule has 0 bridgehead atoms. The first-order valence-corrected chi connectivity index (χ1v) is 7.04. The molecule has 2 aromatic heterocycles. The molecule has 0 unspecified atom stereocenters. The number of carbonyl (C=O) groups is 1. The number of aryl methyl sites for hydroxylation is 1. The molecular weight excluding hydrogens is 266 g/mol. The average molecular weight is 283 g/mol. The number of amides is 1. The minimum absolute atomic E-state index is 0.0263. The van der Waals surface area contributed by atoms with Crippen molar-refractivity contribution in [3.63, 3.8) is 0 Å². The van der Waals surface area contributed by atoms with Crippen LogP contribution in [0.2, 0.25) is 0 Å². The van der Waals surface area contributed by atoms with E-state index in [0.717, 1.165) is 18.4 Å². The normalized spacial score (nSPS) is 10.9. The van der Waals surface area contributed by atoms with Crippen molar-refractivity contribution >= 4 is 16.9 Å². The summed E-state index contributed by atoms with van der Waals surface area (Å²) in [6.45, 7) is 1.56. The van der Waals surface area contributed by atoms with Crippen molar-refractivity contribution in [3.05, 3.63) is 54.5 Å². The number of carbonyl (C=O) groups excluding carboxylic acids is 1. The van der Waals surface area contributed by atoms with Gasteiger partial charge in [-0.2, -0.15) is 0 Å². The van der Waals surface area contributed by atoms with Gasteiger partial charge in [-0.3, -0.25) is 4.79 Å². The molecule has 0 fully saturated rings. The Morgan fingerprint density at radius 2 is 2.00 bits per heavy atom. The third-order valence-corrected chi connectivity index (χ3v) is 3.36. The number of hydrogen-bond acceptors (Lipinski definition) is 3. The highest BCUT2D eigenvalue weighted by Crippen LogP contribution is 2.17. The predicted molar refractivity (Wildman–Crippen MR) is 79.8 cm³/mol. The molecule has 0 aliphatic carbocycles. The second-order valence-electron chi connectivity index (χ2n) is 4.93. The molecule has 1 amide bonds. The van der Waals surface area contributed by atoms with Crippen molar-refractivity contribution < 1.29 is 9.32 Å². The van der Waals surface area contributed by atoms with Gasteiger partial charge in [0.25, 0.3) is 0 Å². The van der Waals surface area contributed by atoms with Crippen molar-refractivity contribution in [1.29, 1.82) is 0 Å². The predicted octanol–water partition coefficient (Wildman–Crippen LogP) is 2.38. The number of aromatic nitrogens is 2. The maximum Gasteiger partial charge on any atom is 0.226 e. The highest BCUT2D eigenvalue weighted by molar-refractivity contribution is 5.86. The van der Waals surface area contributed by atoms with Gasteiger partial charge in [-0.05, 0) is 30.7 Å². The number of benzene rings is 1. The molecule has 5 heteroatoms. The Hall–Kier alpha value is -2.56. The highest BCUT2D eigenvalue weighted by atomic mass is 16.5. The van der Waals surface area contributed by atoms with Gasteiger partial charge in [-0.15, -0.1) is 0 Å². The lowest BCUT2D eigenvalue weighted by Crippen LogP contribution is -2.26. The largest absolute Gasteiger partial charge is 0.356 e. The minimum atomic E-state index is -0.0263. The summed E-state index contributed by atoms with van der Waals surface area (Å²) < 4.78 is 7.29. The van der Waals surface area contributed by atoms with Crippen LogP contribution in [0.15, 0.2) is 53.3 Å². The summed E-state index contributed by atoms with van der Waals surface area (Å²) in [5.41, 5.74) is 1.40. The fourth-order valence-corrected chi connectivity index (χ4v) is 2.29. The van der Waals surface area contributed by atoms with Gasteiger partial charge >= 0.3 is 0 Å². The van der Waals surface area contributed by atoms with Crippen LogP contribution < -0.4 is 5.32 Å². The standard InChI is InChI=1S/C16H17N3O2/c20-16(17-8-5-11-19-9-3-4-10-19)12-14-13-6-1-2-7-15(13)21-18-14/h1-4,6-7,9-10H,5,8,11-12H2,(H,17,20). The third-order valence-electron chi connectivity index (χ3n) is 3.36. The van der Waals surface area contributed by atoms with Crippen LogP contribution in [0.4, 0.5) is 0 Å². The van der Waals surface area contributed by atoms with E-state index in [4.69, 9.17) is 4.52 Å². The van der Waals surface area contributed by atoms with Crippen molar-refractivity contribution in [2.24, 2.45) is 0 Å². The molecule has 21 heavy (non-hydrogen) atoms. The molecule has 0 radical (unpaired) electrons. The van der Waals surface area contributed by atoms with Crippen LogP contribution in [-0.4, -0.2) is 22.2 Å². The minimum Gasteiger partial charge on any atom is -0.356 e. The zero-order valence-corrected chi connectivity index (χ0v) is 11.7. The van der Waals surface area contributed by atoms with Crippen LogP contribution in [-0.2, 0) is 17.8 Å². The molecule has 3 aromatic rings. The van der Waals surface area contributed by atoms with Gasteiger partial charge in [0, 0.05) is 30.9 Å². The van der Waals surface area contributed by atoms with E-state index in [-0.39, 0.29) is 12.3 Å². The molecule has 2 heterocycles. The summed E-state index contributed by atoms with van der Waals surface area (Å²) in [5.74, 6) is -0.0263. The van der Waals surface area contributed by atoms with Crippen LogP contribution in [0.25, 0.3) is 11.0 Å². The Balaban J connectivity index is 1.48. The fourth-order valence-electron chi connectivity index (χ4n) is 2.29. The molecule has 108 valence electrons. The smallest absolute Gasteiger partial charge is 0.226 e. The second-order valence-corrected chi connectivity index (χ2v) is 4.93. The maximum absolute atomic E-state index is 11.9. The zero-order chi connectivity index (χ0) is 14.5. The lowest BCUT2D eigenvalue weighted by Gasteiger charge is -2.05. The zero-order valence-electron chi connectivity index (χ0n) is 11.7. The molecule has 0 aliphatic heterocycles.